The Morgan fingerprint density at radius 1 is 1.11 bits per heavy atom. The summed E-state index contributed by atoms with van der Waals surface area (Å²) < 4.78 is 10.6. The molecule has 0 amide bonds. The third kappa shape index (κ3) is 2.86. The highest BCUT2D eigenvalue weighted by molar-refractivity contribution is 5.38. The summed E-state index contributed by atoms with van der Waals surface area (Å²) in [5.41, 5.74) is 1.88. The summed E-state index contributed by atoms with van der Waals surface area (Å²) in [5.74, 6) is 2.74. The van der Waals surface area contributed by atoms with Crippen LogP contribution in [0.3, 0.4) is 0 Å². The van der Waals surface area contributed by atoms with E-state index in [-0.39, 0.29) is 0 Å². The average Bonchev–Trinajstić information content (AvgIpc) is 3.29. The lowest BCUT2D eigenvalue weighted by Gasteiger charge is -2.15. The van der Waals surface area contributed by atoms with E-state index in [1.54, 1.807) is 14.2 Å². The van der Waals surface area contributed by atoms with E-state index in [1.807, 2.05) is 6.07 Å². The molecule has 0 bridgehead atoms. The maximum Gasteiger partial charge on any atom is 0.122 e. The standard InChI is InChI=1S/C16H23NO2/c1-18-14-7-12(8-15(9-14)19-2)10-17-11-16(5-6-16)13-3-4-13/h7-9,13,17H,3-6,10-11H2,1-2H3. The summed E-state index contributed by atoms with van der Waals surface area (Å²) >= 11 is 0. The Morgan fingerprint density at radius 3 is 2.21 bits per heavy atom. The molecule has 1 N–H and O–H groups in total. The molecule has 2 aliphatic carbocycles. The van der Waals surface area contributed by atoms with Crippen LogP contribution < -0.4 is 14.8 Å². The lowest BCUT2D eigenvalue weighted by atomic mass is 10.0. The van der Waals surface area contributed by atoms with Crippen molar-refractivity contribution in [2.45, 2.75) is 32.2 Å². The Morgan fingerprint density at radius 2 is 1.74 bits per heavy atom. The van der Waals surface area contributed by atoms with Crippen molar-refractivity contribution in [2.24, 2.45) is 11.3 Å². The van der Waals surface area contributed by atoms with E-state index in [9.17, 15) is 0 Å². The second kappa shape index (κ2) is 5.04. The maximum absolute atomic E-state index is 5.30. The van der Waals surface area contributed by atoms with Gasteiger partial charge in [0.15, 0.2) is 0 Å². The van der Waals surface area contributed by atoms with Crippen LogP contribution in [0.4, 0.5) is 0 Å². The van der Waals surface area contributed by atoms with Gasteiger partial charge in [-0.3, -0.25) is 0 Å². The van der Waals surface area contributed by atoms with Crippen molar-refractivity contribution in [2.75, 3.05) is 20.8 Å². The fourth-order valence-corrected chi connectivity index (χ4v) is 3.01. The predicted octanol–water partition coefficient (Wildman–Crippen LogP) is 2.98. The van der Waals surface area contributed by atoms with Crippen molar-refractivity contribution in [3.63, 3.8) is 0 Å². The number of hydrogen-bond acceptors (Lipinski definition) is 3. The van der Waals surface area contributed by atoms with Gasteiger partial charge in [-0.15, -0.1) is 0 Å². The first-order valence-electron chi connectivity index (χ1n) is 7.18. The lowest BCUT2D eigenvalue weighted by molar-refractivity contribution is 0.389. The summed E-state index contributed by atoms with van der Waals surface area (Å²) in [4.78, 5) is 0. The molecule has 0 aliphatic heterocycles. The Labute approximate surface area is 115 Å². The highest BCUT2D eigenvalue weighted by atomic mass is 16.5. The molecule has 1 aromatic carbocycles. The highest BCUT2D eigenvalue weighted by Crippen LogP contribution is 2.60. The van der Waals surface area contributed by atoms with E-state index in [0.29, 0.717) is 5.41 Å². The quantitative estimate of drug-likeness (QED) is 0.818. The molecule has 1 aromatic rings. The van der Waals surface area contributed by atoms with Crippen LogP contribution in [0.2, 0.25) is 0 Å². The van der Waals surface area contributed by atoms with Crippen LogP contribution in [0.15, 0.2) is 18.2 Å². The van der Waals surface area contributed by atoms with Crippen molar-refractivity contribution < 1.29 is 9.47 Å². The zero-order valence-electron chi connectivity index (χ0n) is 11.9. The second-order valence-electron chi connectivity index (χ2n) is 5.96. The molecular formula is C16H23NO2. The molecule has 3 nitrogen and oxygen atoms in total. The number of hydrogen-bond donors (Lipinski definition) is 1. The monoisotopic (exact) mass is 261 g/mol. The van der Waals surface area contributed by atoms with Crippen LogP contribution in [-0.2, 0) is 6.54 Å². The van der Waals surface area contributed by atoms with Crippen LogP contribution in [0.5, 0.6) is 11.5 Å². The van der Waals surface area contributed by atoms with Crippen LogP contribution in [-0.4, -0.2) is 20.8 Å². The van der Waals surface area contributed by atoms with E-state index in [0.717, 1.165) is 30.5 Å². The van der Waals surface area contributed by atoms with Crippen molar-refractivity contribution in [1.29, 1.82) is 0 Å². The average molecular weight is 261 g/mol. The summed E-state index contributed by atoms with van der Waals surface area (Å²) in [5, 5.41) is 3.62. The summed E-state index contributed by atoms with van der Waals surface area (Å²) in [6.07, 6.45) is 5.75. The summed E-state index contributed by atoms with van der Waals surface area (Å²) in [7, 11) is 3.39. The first-order valence-corrected chi connectivity index (χ1v) is 7.18. The Kier molecular flexibility index (Phi) is 3.40. The smallest absolute Gasteiger partial charge is 0.122 e. The third-order valence-corrected chi connectivity index (χ3v) is 4.55. The predicted molar refractivity (Wildman–Crippen MR) is 75.6 cm³/mol. The second-order valence-corrected chi connectivity index (χ2v) is 5.96. The summed E-state index contributed by atoms with van der Waals surface area (Å²) in [6.45, 7) is 2.05. The molecule has 0 saturated heterocycles. The third-order valence-electron chi connectivity index (χ3n) is 4.55. The van der Waals surface area contributed by atoms with Crippen molar-refractivity contribution in [3.05, 3.63) is 23.8 Å². The van der Waals surface area contributed by atoms with Crippen LogP contribution in [0, 0.1) is 11.3 Å². The number of ether oxygens (including phenoxy) is 2. The van der Waals surface area contributed by atoms with Crippen LogP contribution in [0.1, 0.15) is 31.2 Å². The Bertz CT molecular complexity index is 428. The molecule has 2 fully saturated rings. The molecule has 3 heteroatoms. The van der Waals surface area contributed by atoms with E-state index < -0.39 is 0 Å². The molecule has 0 aromatic heterocycles. The fourth-order valence-electron chi connectivity index (χ4n) is 3.01. The minimum Gasteiger partial charge on any atom is -0.497 e. The van der Waals surface area contributed by atoms with Crippen molar-refractivity contribution in [1.82, 2.24) is 5.32 Å². The van der Waals surface area contributed by atoms with Gasteiger partial charge in [0.05, 0.1) is 14.2 Å². The van der Waals surface area contributed by atoms with Crippen LogP contribution >= 0.6 is 0 Å². The minimum atomic E-state index is 0.656. The van der Waals surface area contributed by atoms with Crippen LogP contribution in [0.25, 0.3) is 0 Å². The van der Waals surface area contributed by atoms with Gasteiger partial charge in [-0.1, -0.05) is 0 Å². The summed E-state index contributed by atoms with van der Waals surface area (Å²) in [6, 6.07) is 6.06. The van der Waals surface area contributed by atoms with Gasteiger partial charge in [-0.25, -0.2) is 0 Å². The molecule has 2 aliphatic rings. The fraction of sp³-hybridized carbons (Fsp3) is 0.625. The van der Waals surface area contributed by atoms with Crippen molar-refractivity contribution >= 4 is 0 Å². The normalized spacial score (nSPS) is 20.1. The first kappa shape index (κ1) is 12.8. The zero-order chi connectivity index (χ0) is 13.3. The molecule has 19 heavy (non-hydrogen) atoms. The largest absolute Gasteiger partial charge is 0.497 e. The SMILES string of the molecule is COc1cc(CNCC2(C3CC3)CC2)cc(OC)c1. The molecular weight excluding hydrogens is 238 g/mol. The van der Waals surface area contributed by atoms with E-state index in [2.05, 4.69) is 17.4 Å². The first-order chi connectivity index (χ1) is 9.25. The molecule has 0 unspecified atom stereocenters. The number of methoxy groups -OCH3 is 2. The number of benzene rings is 1. The molecule has 0 atom stereocenters. The highest BCUT2D eigenvalue weighted by Gasteiger charge is 2.53. The lowest BCUT2D eigenvalue weighted by Crippen LogP contribution is -2.25. The van der Waals surface area contributed by atoms with E-state index in [4.69, 9.17) is 9.47 Å². The van der Waals surface area contributed by atoms with Gasteiger partial charge in [0.1, 0.15) is 11.5 Å². The molecule has 3 rings (SSSR count). The number of rotatable bonds is 7. The maximum atomic E-state index is 5.30. The van der Waals surface area contributed by atoms with Gasteiger partial charge < -0.3 is 14.8 Å². The molecule has 0 spiro atoms. The van der Waals surface area contributed by atoms with E-state index in [1.165, 1.54) is 31.2 Å². The Balaban J connectivity index is 1.57. The molecule has 104 valence electrons. The molecule has 2 saturated carbocycles. The topological polar surface area (TPSA) is 30.5 Å². The zero-order valence-corrected chi connectivity index (χ0v) is 11.9. The van der Waals surface area contributed by atoms with Crippen molar-refractivity contribution in [3.8, 4) is 11.5 Å². The Hall–Kier alpha value is -1.22. The van der Waals surface area contributed by atoms with Gasteiger partial charge in [0.2, 0.25) is 0 Å². The van der Waals surface area contributed by atoms with Gasteiger partial charge in [-0.05, 0) is 54.7 Å². The van der Waals surface area contributed by atoms with E-state index >= 15 is 0 Å². The molecule has 0 radical (unpaired) electrons. The molecule has 0 heterocycles. The number of nitrogens with one attached hydrogen (secondary N) is 1. The van der Waals surface area contributed by atoms with Gasteiger partial charge >= 0.3 is 0 Å². The van der Waals surface area contributed by atoms with Gasteiger partial charge in [-0.2, -0.15) is 0 Å². The minimum absolute atomic E-state index is 0.656. The van der Waals surface area contributed by atoms with Gasteiger partial charge in [0.25, 0.3) is 0 Å². The van der Waals surface area contributed by atoms with Gasteiger partial charge in [0, 0.05) is 19.2 Å².